The van der Waals surface area contributed by atoms with Gasteiger partial charge in [-0.3, -0.25) is 10.1 Å². The molecule has 0 aliphatic heterocycles. The number of hydrogen-bond donors (Lipinski definition) is 2. The van der Waals surface area contributed by atoms with Crippen LogP contribution in [0.2, 0.25) is 0 Å². The van der Waals surface area contributed by atoms with Crippen molar-refractivity contribution in [3.05, 3.63) is 30.4 Å². The van der Waals surface area contributed by atoms with Crippen LogP contribution in [0.5, 0.6) is 5.75 Å². The first-order valence-corrected chi connectivity index (χ1v) is 7.89. The van der Waals surface area contributed by atoms with Crippen molar-refractivity contribution in [2.45, 2.75) is 6.92 Å². The fourth-order valence-corrected chi connectivity index (χ4v) is 3.57. The Morgan fingerprint density at radius 3 is 2.43 bits per heavy atom. The number of hydrogen-bond acceptors (Lipinski definition) is 4. The molecule has 0 unspecified atom stereocenters. The number of carbonyl (C=O) groups excluding carboxylic acids is 2. The van der Waals surface area contributed by atoms with Crippen LogP contribution in [0.15, 0.2) is 17.7 Å². The van der Waals surface area contributed by atoms with Gasteiger partial charge in [0.15, 0.2) is 0 Å². The van der Waals surface area contributed by atoms with Gasteiger partial charge in [0, 0.05) is 0 Å². The molecule has 0 bridgehead atoms. The maximum Gasteiger partial charge on any atom is 0.319 e. The zero-order valence-corrected chi connectivity index (χ0v) is 15.3. The van der Waals surface area contributed by atoms with Crippen LogP contribution in [0.25, 0.3) is 6.08 Å². The second-order valence-electron chi connectivity index (χ2n) is 3.73. The Morgan fingerprint density at radius 1 is 1.43 bits per heavy atom. The molecule has 3 N–H and O–H groups in total. The monoisotopic (exact) mass is 511 g/mol. The van der Waals surface area contributed by atoms with Crippen molar-refractivity contribution in [1.82, 2.24) is 5.32 Å². The minimum atomic E-state index is -1.00. The largest absolute Gasteiger partial charge is 0.492 e. The van der Waals surface area contributed by atoms with Gasteiger partial charge in [-0.1, -0.05) is 0 Å². The number of imide groups is 1. The third kappa shape index (κ3) is 5.16. The van der Waals surface area contributed by atoms with Gasteiger partial charge < -0.3 is 10.5 Å². The van der Waals surface area contributed by atoms with Crippen LogP contribution in [0.4, 0.5) is 4.79 Å². The van der Waals surface area contributed by atoms with Gasteiger partial charge in [0.05, 0.1) is 13.7 Å². The van der Waals surface area contributed by atoms with E-state index in [-0.39, 0.29) is 5.57 Å². The Kier molecular flexibility index (Phi) is 6.90. The van der Waals surface area contributed by atoms with E-state index in [0.29, 0.717) is 12.2 Å². The van der Waals surface area contributed by atoms with Crippen LogP contribution in [0.1, 0.15) is 12.5 Å². The van der Waals surface area contributed by atoms with E-state index in [4.69, 9.17) is 15.7 Å². The summed E-state index contributed by atoms with van der Waals surface area (Å²) in [5.41, 5.74) is 5.31. The van der Waals surface area contributed by atoms with E-state index in [1.807, 2.05) is 12.2 Å². The maximum atomic E-state index is 11.6. The van der Waals surface area contributed by atoms with Crippen LogP contribution in [0.3, 0.4) is 0 Å². The lowest BCUT2D eigenvalue weighted by atomic mass is 10.1. The molecule has 110 valence electrons. The van der Waals surface area contributed by atoms with E-state index in [0.717, 1.165) is 12.9 Å². The molecule has 0 saturated carbocycles. The average molecular weight is 511 g/mol. The number of urea groups is 1. The Labute approximate surface area is 149 Å². The number of benzene rings is 1. The summed E-state index contributed by atoms with van der Waals surface area (Å²) in [6, 6.07) is 4.30. The lowest BCUT2D eigenvalue weighted by Crippen LogP contribution is -2.35. The van der Waals surface area contributed by atoms with Crippen molar-refractivity contribution in [2.24, 2.45) is 5.73 Å². The number of nitrogens with two attached hydrogens (primary N) is 1. The van der Waals surface area contributed by atoms with Crippen molar-refractivity contribution < 1.29 is 14.3 Å². The predicted octanol–water partition coefficient (Wildman–Crippen LogP) is 2.40. The molecule has 3 amide bonds. The molecule has 1 rings (SSSR count). The maximum absolute atomic E-state index is 11.6. The Morgan fingerprint density at radius 2 is 2.00 bits per heavy atom. The second kappa shape index (κ2) is 8.18. The fourth-order valence-electron chi connectivity index (χ4n) is 1.44. The molecule has 0 spiro atoms. The SMILES string of the molecule is CCOc1c(I)cc(/C=C(/C#N)C(=O)NC(N)=O)cc1I. The lowest BCUT2D eigenvalue weighted by molar-refractivity contribution is -0.115. The molecular weight excluding hydrogens is 500 g/mol. The Hall–Kier alpha value is -1.35. The number of halogens is 2. The van der Waals surface area contributed by atoms with Crippen molar-refractivity contribution in [3.63, 3.8) is 0 Å². The quantitative estimate of drug-likeness (QED) is 0.368. The lowest BCUT2D eigenvalue weighted by Gasteiger charge is -2.09. The molecule has 6 nitrogen and oxygen atoms in total. The van der Waals surface area contributed by atoms with E-state index in [9.17, 15) is 9.59 Å². The molecule has 0 atom stereocenters. The number of primary amides is 1. The molecular formula is C13H11I2N3O3. The fraction of sp³-hybridized carbons (Fsp3) is 0.154. The summed E-state index contributed by atoms with van der Waals surface area (Å²) in [7, 11) is 0. The van der Waals surface area contributed by atoms with E-state index in [1.54, 1.807) is 18.2 Å². The van der Waals surface area contributed by atoms with Gasteiger partial charge in [-0.15, -0.1) is 0 Å². The summed E-state index contributed by atoms with van der Waals surface area (Å²) in [5, 5.41) is 10.8. The smallest absolute Gasteiger partial charge is 0.319 e. The van der Waals surface area contributed by atoms with Crippen LogP contribution in [-0.2, 0) is 4.79 Å². The van der Waals surface area contributed by atoms with E-state index >= 15 is 0 Å². The first-order chi connectivity index (χ1) is 9.88. The molecule has 8 heteroatoms. The summed E-state index contributed by atoms with van der Waals surface area (Å²) in [4.78, 5) is 22.2. The van der Waals surface area contributed by atoms with Crippen molar-refractivity contribution >= 4 is 63.2 Å². The summed E-state index contributed by atoms with van der Waals surface area (Å²) < 4.78 is 7.24. The zero-order valence-electron chi connectivity index (χ0n) is 10.9. The number of nitriles is 1. The van der Waals surface area contributed by atoms with Gasteiger partial charge in [0.2, 0.25) is 0 Å². The molecule has 0 saturated heterocycles. The van der Waals surface area contributed by atoms with Gasteiger partial charge in [-0.25, -0.2) is 4.79 Å². The molecule has 21 heavy (non-hydrogen) atoms. The highest BCUT2D eigenvalue weighted by atomic mass is 127. The first kappa shape index (κ1) is 17.7. The summed E-state index contributed by atoms with van der Waals surface area (Å²) in [6.07, 6.45) is 1.39. The summed E-state index contributed by atoms with van der Waals surface area (Å²) in [6.45, 7) is 2.44. The predicted molar refractivity (Wildman–Crippen MR) is 94.4 cm³/mol. The van der Waals surface area contributed by atoms with Crippen molar-refractivity contribution in [2.75, 3.05) is 6.61 Å². The normalized spacial score (nSPS) is 10.7. The highest BCUT2D eigenvalue weighted by Gasteiger charge is 2.13. The van der Waals surface area contributed by atoms with E-state index in [2.05, 4.69) is 45.2 Å². The van der Waals surface area contributed by atoms with E-state index < -0.39 is 11.9 Å². The highest BCUT2D eigenvalue weighted by molar-refractivity contribution is 14.1. The molecule has 0 heterocycles. The Balaban J connectivity index is 3.16. The summed E-state index contributed by atoms with van der Waals surface area (Å²) in [5.74, 6) is -0.0696. The third-order valence-electron chi connectivity index (χ3n) is 2.22. The van der Waals surface area contributed by atoms with Crippen molar-refractivity contribution in [3.8, 4) is 11.8 Å². The number of nitrogens with one attached hydrogen (secondary N) is 1. The third-order valence-corrected chi connectivity index (χ3v) is 3.82. The second-order valence-corrected chi connectivity index (χ2v) is 6.06. The first-order valence-electron chi connectivity index (χ1n) is 5.73. The molecule has 0 fully saturated rings. The molecule has 0 aliphatic rings. The van der Waals surface area contributed by atoms with Crippen LogP contribution >= 0.6 is 45.2 Å². The van der Waals surface area contributed by atoms with Crippen molar-refractivity contribution in [1.29, 1.82) is 5.26 Å². The van der Waals surface area contributed by atoms with Crippen LogP contribution < -0.4 is 15.8 Å². The number of ether oxygens (including phenoxy) is 1. The minimum Gasteiger partial charge on any atom is -0.492 e. The van der Waals surface area contributed by atoms with Crippen LogP contribution in [-0.4, -0.2) is 18.5 Å². The van der Waals surface area contributed by atoms with Gasteiger partial charge in [-0.2, -0.15) is 5.26 Å². The molecule has 0 aromatic heterocycles. The standard InChI is InChI=1S/C13H11I2N3O3/c1-2-21-11-9(14)4-7(5-10(11)15)3-8(6-16)12(19)18-13(17)20/h3-5H,2H2,1H3,(H3,17,18,19,20)/b8-3-. The molecule has 0 radical (unpaired) electrons. The zero-order chi connectivity index (χ0) is 16.0. The number of carbonyl (C=O) groups is 2. The van der Waals surface area contributed by atoms with Gasteiger partial charge in [0.25, 0.3) is 5.91 Å². The average Bonchev–Trinajstić information content (AvgIpc) is 2.39. The summed E-state index contributed by atoms with van der Waals surface area (Å²) >= 11 is 4.23. The van der Waals surface area contributed by atoms with Gasteiger partial charge in [0.1, 0.15) is 17.4 Å². The topological polar surface area (TPSA) is 105 Å². The molecule has 0 aliphatic carbocycles. The number of rotatable bonds is 4. The Bertz CT molecular complexity index is 628. The number of amides is 3. The number of nitrogens with zero attached hydrogens (tertiary/aromatic N) is 1. The highest BCUT2D eigenvalue weighted by Crippen LogP contribution is 2.29. The van der Waals surface area contributed by atoms with Gasteiger partial charge >= 0.3 is 6.03 Å². The van der Waals surface area contributed by atoms with Crippen LogP contribution in [0, 0.1) is 18.5 Å². The minimum absolute atomic E-state index is 0.204. The van der Waals surface area contributed by atoms with E-state index in [1.165, 1.54) is 6.08 Å². The molecule has 1 aromatic rings. The molecule has 1 aromatic carbocycles. The van der Waals surface area contributed by atoms with Gasteiger partial charge in [-0.05, 0) is 75.9 Å².